The number of hydrogen-bond acceptors (Lipinski definition) is 2. The lowest BCUT2D eigenvalue weighted by Gasteiger charge is -2.43. The minimum Gasteiger partial charge on any atom is -0.508 e. The molecule has 1 aromatic heterocycles. The van der Waals surface area contributed by atoms with Crippen molar-refractivity contribution in [1.29, 1.82) is 0 Å². The van der Waals surface area contributed by atoms with E-state index < -0.39 is 5.41 Å². The lowest BCUT2D eigenvalue weighted by atomic mass is 9.58. The second kappa shape index (κ2) is 9.17. The molecular weight excluding hydrogens is 490 g/mol. The number of ether oxygens (including phenoxy) is 1. The molecule has 3 nitrogen and oxygen atoms in total. The SMILES string of the molecule is COc1c(C)cc(C2c3cc(O)ccc3C(c3ccccc3)(c3ccccc3)c3[nH]c4ccccc4c32)cc1C. The Balaban J connectivity index is 1.68. The van der Waals surface area contributed by atoms with Gasteiger partial charge in [-0.3, -0.25) is 0 Å². The molecule has 40 heavy (non-hydrogen) atoms. The van der Waals surface area contributed by atoms with Gasteiger partial charge in [-0.15, -0.1) is 0 Å². The molecule has 5 aromatic carbocycles. The number of para-hydroxylation sites is 1. The number of hydrogen-bond donors (Lipinski definition) is 2. The zero-order chi connectivity index (χ0) is 27.4. The third kappa shape index (κ3) is 3.37. The van der Waals surface area contributed by atoms with E-state index in [1.807, 2.05) is 12.1 Å². The Kier molecular flexibility index (Phi) is 5.57. The van der Waals surface area contributed by atoms with Crippen molar-refractivity contribution in [2.45, 2.75) is 25.2 Å². The van der Waals surface area contributed by atoms with Crippen LogP contribution in [0.4, 0.5) is 0 Å². The molecular formula is C37H31NO2. The molecule has 0 saturated heterocycles. The zero-order valence-corrected chi connectivity index (χ0v) is 22.9. The van der Waals surface area contributed by atoms with E-state index in [1.54, 1.807) is 7.11 Å². The van der Waals surface area contributed by atoms with Crippen LogP contribution in [0.5, 0.6) is 11.5 Å². The number of benzene rings is 5. The quantitative estimate of drug-likeness (QED) is 0.244. The number of fused-ring (bicyclic) bond motifs is 4. The van der Waals surface area contributed by atoms with Gasteiger partial charge in [0.25, 0.3) is 0 Å². The van der Waals surface area contributed by atoms with Crippen LogP contribution in [0.2, 0.25) is 0 Å². The van der Waals surface area contributed by atoms with Crippen molar-refractivity contribution in [2.75, 3.05) is 7.11 Å². The number of aromatic hydroxyl groups is 1. The van der Waals surface area contributed by atoms with E-state index in [0.29, 0.717) is 0 Å². The third-order valence-corrected chi connectivity index (χ3v) is 8.59. The standard InChI is InChI=1S/C37H31NO2/c1-23-20-25(21-24(2)35(23)40-3)33-30-22-28(39)18-19-31(30)37(26-12-6-4-7-13-26,27-14-8-5-9-15-27)36-34(33)29-16-10-11-17-32(29)38-36/h4-22,33,38-39H,1-3H3. The van der Waals surface area contributed by atoms with Crippen LogP contribution in [0.25, 0.3) is 10.9 Å². The third-order valence-electron chi connectivity index (χ3n) is 8.59. The molecule has 0 aliphatic heterocycles. The summed E-state index contributed by atoms with van der Waals surface area (Å²) in [6.45, 7) is 4.21. The van der Waals surface area contributed by atoms with Crippen molar-refractivity contribution in [3.05, 3.63) is 165 Å². The summed E-state index contributed by atoms with van der Waals surface area (Å²) in [6, 6.07) is 40.5. The highest BCUT2D eigenvalue weighted by Crippen LogP contribution is 2.57. The molecule has 1 unspecified atom stereocenters. The molecule has 0 radical (unpaired) electrons. The Morgan fingerprint density at radius 1 is 0.725 bits per heavy atom. The van der Waals surface area contributed by atoms with E-state index >= 15 is 0 Å². The van der Waals surface area contributed by atoms with Gasteiger partial charge >= 0.3 is 0 Å². The lowest BCUT2D eigenvalue weighted by Crippen LogP contribution is -2.37. The minimum absolute atomic E-state index is 0.0860. The number of methoxy groups -OCH3 is 1. The summed E-state index contributed by atoms with van der Waals surface area (Å²) in [4.78, 5) is 3.92. The summed E-state index contributed by atoms with van der Waals surface area (Å²) in [5, 5.41) is 12.1. The first-order chi connectivity index (χ1) is 19.5. The lowest BCUT2D eigenvalue weighted by molar-refractivity contribution is 0.408. The molecule has 196 valence electrons. The van der Waals surface area contributed by atoms with Crippen LogP contribution in [-0.4, -0.2) is 17.2 Å². The Morgan fingerprint density at radius 3 is 1.95 bits per heavy atom. The number of H-pyrrole nitrogens is 1. The van der Waals surface area contributed by atoms with Gasteiger partial charge in [0.2, 0.25) is 0 Å². The predicted octanol–water partition coefficient (Wildman–Crippen LogP) is 8.38. The van der Waals surface area contributed by atoms with Crippen LogP contribution in [0.1, 0.15) is 56.1 Å². The van der Waals surface area contributed by atoms with Gasteiger partial charge in [-0.1, -0.05) is 97.1 Å². The largest absolute Gasteiger partial charge is 0.508 e. The maximum Gasteiger partial charge on any atom is 0.124 e. The first kappa shape index (κ1) is 24.3. The first-order valence-electron chi connectivity index (χ1n) is 13.7. The topological polar surface area (TPSA) is 45.2 Å². The molecule has 2 N–H and O–H groups in total. The molecule has 1 atom stereocenters. The van der Waals surface area contributed by atoms with E-state index in [9.17, 15) is 5.11 Å². The zero-order valence-electron chi connectivity index (χ0n) is 22.9. The number of aryl methyl sites for hydroxylation is 2. The van der Waals surface area contributed by atoms with Gasteiger partial charge in [-0.2, -0.15) is 0 Å². The predicted molar refractivity (Wildman–Crippen MR) is 162 cm³/mol. The van der Waals surface area contributed by atoms with E-state index in [-0.39, 0.29) is 11.7 Å². The molecule has 0 spiro atoms. The van der Waals surface area contributed by atoms with Crippen molar-refractivity contribution in [3.8, 4) is 11.5 Å². The van der Waals surface area contributed by atoms with Crippen LogP contribution < -0.4 is 4.74 Å². The molecule has 7 rings (SSSR count). The van der Waals surface area contributed by atoms with Gasteiger partial charge in [0.15, 0.2) is 0 Å². The number of aromatic nitrogens is 1. The fraction of sp³-hybridized carbons (Fsp3) is 0.135. The molecule has 0 fully saturated rings. The average molecular weight is 522 g/mol. The van der Waals surface area contributed by atoms with Crippen LogP contribution in [0, 0.1) is 13.8 Å². The molecule has 1 aliphatic rings. The van der Waals surface area contributed by atoms with Gasteiger partial charge in [0.1, 0.15) is 11.5 Å². The Hall–Kier alpha value is -4.76. The molecule has 1 aliphatic carbocycles. The van der Waals surface area contributed by atoms with Crippen molar-refractivity contribution in [3.63, 3.8) is 0 Å². The van der Waals surface area contributed by atoms with Crippen molar-refractivity contribution in [2.24, 2.45) is 0 Å². The van der Waals surface area contributed by atoms with E-state index in [1.165, 1.54) is 33.3 Å². The monoisotopic (exact) mass is 521 g/mol. The second-order valence-electron chi connectivity index (χ2n) is 10.8. The summed E-state index contributed by atoms with van der Waals surface area (Å²) in [6.07, 6.45) is 0. The Morgan fingerprint density at radius 2 is 1.32 bits per heavy atom. The maximum absolute atomic E-state index is 10.9. The number of nitrogens with one attached hydrogen (secondary N) is 1. The summed E-state index contributed by atoms with van der Waals surface area (Å²) in [5.74, 6) is 1.10. The van der Waals surface area contributed by atoms with Gasteiger partial charge in [-0.05, 0) is 76.6 Å². The second-order valence-corrected chi connectivity index (χ2v) is 10.8. The molecule has 0 saturated carbocycles. The number of aromatic amines is 1. The highest BCUT2D eigenvalue weighted by molar-refractivity contribution is 5.90. The molecule has 0 bridgehead atoms. The number of phenolic OH excluding ortho intramolecular Hbond substituents is 1. The van der Waals surface area contributed by atoms with Gasteiger partial charge in [0.05, 0.1) is 12.5 Å². The van der Waals surface area contributed by atoms with E-state index in [0.717, 1.165) is 33.5 Å². The summed E-state index contributed by atoms with van der Waals surface area (Å²) in [7, 11) is 1.73. The van der Waals surface area contributed by atoms with Gasteiger partial charge in [-0.25, -0.2) is 0 Å². The first-order valence-corrected chi connectivity index (χ1v) is 13.7. The van der Waals surface area contributed by atoms with Crippen LogP contribution >= 0.6 is 0 Å². The summed E-state index contributed by atoms with van der Waals surface area (Å²) < 4.78 is 5.73. The van der Waals surface area contributed by atoms with Crippen molar-refractivity contribution >= 4 is 10.9 Å². The minimum atomic E-state index is -0.604. The normalized spacial score (nSPS) is 15.4. The van der Waals surface area contributed by atoms with Crippen LogP contribution in [-0.2, 0) is 5.41 Å². The highest BCUT2D eigenvalue weighted by atomic mass is 16.5. The fourth-order valence-corrected chi connectivity index (χ4v) is 7.14. The fourth-order valence-electron chi connectivity index (χ4n) is 7.14. The smallest absolute Gasteiger partial charge is 0.124 e. The number of rotatable bonds is 4. The van der Waals surface area contributed by atoms with Crippen LogP contribution in [0.3, 0.4) is 0 Å². The Bertz CT molecular complexity index is 1810. The molecule has 6 aromatic rings. The molecule has 3 heteroatoms. The Labute approximate surface area is 234 Å². The van der Waals surface area contributed by atoms with Gasteiger partial charge in [0, 0.05) is 22.5 Å². The summed E-state index contributed by atoms with van der Waals surface area (Å²) in [5.41, 5.74) is 10.9. The number of phenols is 1. The molecule has 0 amide bonds. The van der Waals surface area contributed by atoms with E-state index in [2.05, 4.69) is 122 Å². The van der Waals surface area contributed by atoms with E-state index in [4.69, 9.17) is 4.74 Å². The summed E-state index contributed by atoms with van der Waals surface area (Å²) >= 11 is 0. The highest BCUT2D eigenvalue weighted by Gasteiger charge is 2.49. The molecule has 1 heterocycles. The average Bonchev–Trinajstić information content (AvgIpc) is 3.36. The van der Waals surface area contributed by atoms with Crippen molar-refractivity contribution < 1.29 is 9.84 Å². The van der Waals surface area contributed by atoms with Gasteiger partial charge < -0.3 is 14.8 Å². The van der Waals surface area contributed by atoms with Crippen molar-refractivity contribution in [1.82, 2.24) is 4.98 Å². The maximum atomic E-state index is 10.9. The van der Waals surface area contributed by atoms with Crippen LogP contribution in [0.15, 0.2) is 115 Å².